The van der Waals surface area contributed by atoms with Gasteiger partial charge in [0.25, 0.3) is 16.6 Å². The topological polar surface area (TPSA) is 77.4 Å². The average Bonchev–Trinajstić information content (AvgIpc) is 3.40. The molecule has 6 nitrogen and oxygen atoms in total. The third-order valence-electron chi connectivity index (χ3n) is 10.3. The number of benzene rings is 4. The fourth-order valence-corrected chi connectivity index (χ4v) is 17.6. The molecule has 6 atom stereocenters. The van der Waals surface area contributed by atoms with E-state index < -0.39 is 59.0 Å². The van der Waals surface area contributed by atoms with E-state index in [0.29, 0.717) is 0 Å². The van der Waals surface area contributed by atoms with Crippen LogP contribution in [0, 0.1) is 0 Å². The Hall–Kier alpha value is -2.93. The van der Waals surface area contributed by atoms with Crippen molar-refractivity contribution in [2.24, 2.45) is 0 Å². The second-order valence-corrected chi connectivity index (χ2v) is 24.5. The smallest absolute Gasteiger partial charge is 0.261 e. The fraction of sp³-hybridized carbons (Fsp3) is 0.415. The molecule has 0 unspecified atom stereocenters. The molecule has 0 spiro atoms. The highest BCUT2D eigenvalue weighted by molar-refractivity contribution is 7.00. The van der Waals surface area contributed by atoms with E-state index in [4.69, 9.17) is 18.3 Å². The standard InChI is InChI=1S/C41H52O6Si2/c1-39(2,3)48(29-21-13-9-14-22-29,30-23-15-10-16-24-30)46-35-33(42)34(43)36(38-37(35)44-41(7,8)45-38)47-49(40(4,5)6,31-25-17-11-18-26-31)32-27-19-12-20-28-32/h9-28,33-38,42-43H,1-8H3/t33-,34+,35-,36-,37-,38-/m1/s1. The van der Waals surface area contributed by atoms with Gasteiger partial charge >= 0.3 is 0 Å². The van der Waals surface area contributed by atoms with Crippen LogP contribution in [-0.4, -0.2) is 69.3 Å². The van der Waals surface area contributed by atoms with Gasteiger partial charge in [0.2, 0.25) is 0 Å². The van der Waals surface area contributed by atoms with Crippen LogP contribution in [0.5, 0.6) is 0 Å². The second kappa shape index (κ2) is 13.3. The van der Waals surface area contributed by atoms with Gasteiger partial charge in [0.15, 0.2) is 5.79 Å². The molecule has 1 aliphatic heterocycles. The van der Waals surface area contributed by atoms with Gasteiger partial charge in [-0.1, -0.05) is 163 Å². The first kappa shape index (κ1) is 35.9. The number of rotatable bonds is 8. The molecule has 260 valence electrons. The third-order valence-corrected chi connectivity index (χ3v) is 20.4. The molecular weight excluding hydrogens is 645 g/mol. The van der Waals surface area contributed by atoms with Gasteiger partial charge in [0.1, 0.15) is 36.6 Å². The summed E-state index contributed by atoms with van der Waals surface area (Å²) < 4.78 is 28.4. The van der Waals surface area contributed by atoms with Gasteiger partial charge in [0, 0.05) is 0 Å². The molecule has 2 aliphatic rings. The Morgan fingerprint density at radius 2 is 0.735 bits per heavy atom. The van der Waals surface area contributed by atoms with Gasteiger partial charge in [-0.2, -0.15) is 0 Å². The fourth-order valence-electron chi connectivity index (χ4n) is 8.17. The SMILES string of the molecule is CC1(C)O[C@H]2[C@H](O1)[C@H](O[Si](c1ccccc1)(c1ccccc1)C(C)(C)C)[C@@H](O)[C@@H](O)[C@H]2O[Si](c1ccccc1)(c1ccccc1)C(C)(C)C. The summed E-state index contributed by atoms with van der Waals surface area (Å²) in [6.45, 7) is 17.0. The maximum Gasteiger partial charge on any atom is 0.261 e. The highest BCUT2D eigenvalue weighted by Crippen LogP contribution is 2.46. The first-order valence-electron chi connectivity index (χ1n) is 17.4. The first-order chi connectivity index (χ1) is 23.1. The van der Waals surface area contributed by atoms with E-state index >= 15 is 0 Å². The molecule has 1 aliphatic carbocycles. The lowest BCUT2D eigenvalue weighted by Gasteiger charge is -2.53. The van der Waals surface area contributed by atoms with E-state index in [1.807, 2.05) is 86.6 Å². The second-order valence-electron chi connectivity index (χ2n) is 16.0. The minimum Gasteiger partial charge on any atom is -0.399 e. The molecule has 8 heteroatoms. The van der Waals surface area contributed by atoms with Gasteiger partial charge in [0.05, 0.1) is 0 Å². The molecule has 0 aromatic heterocycles. The molecule has 4 aromatic rings. The quantitative estimate of drug-likeness (QED) is 0.249. The van der Waals surface area contributed by atoms with E-state index in [-0.39, 0.29) is 10.1 Å². The number of ether oxygens (including phenoxy) is 2. The van der Waals surface area contributed by atoms with E-state index in [2.05, 4.69) is 90.1 Å². The van der Waals surface area contributed by atoms with Crippen LogP contribution < -0.4 is 20.7 Å². The molecule has 1 heterocycles. The molecule has 4 aromatic carbocycles. The van der Waals surface area contributed by atoms with Crippen LogP contribution in [0.3, 0.4) is 0 Å². The molecular formula is C41H52O6Si2. The maximum atomic E-state index is 12.3. The van der Waals surface area contributed by atoms with Crippen molar-refractivity contribution in [3.8, 4) is 0 Å². The van der Waals surface area contributed by atoms with Crippen LogP contribution in [0.1, 0.15) is 55.4 Å². The van der Waals surface area contributed by atoms with Crippen LogP contribution in [0.4, 0.5) is 0 Å². The molecule has 6 rings (SSSR count). The summed E-state index contributed by atoms with van der Waals surface area (Å²) >= 11 is 0. The summed E-state index contributed by atoms with van der Waals surface area (Å²) in [6.07, 6.45) is -5.84. The largest absolute Gasteiger partial charge is 0.399 e. The summed E-state index contributed by atoms with van der Waals surface area (Å²) in [5, 5.41) is 28.3. The Labute approximate surface area is 294 Å². The van der Waals surface area contributed by atoms with Gasteiger partial charge in [-0.05, 0) is 44.7 Å². The molecule has 1 saturated heterocycles. The van der Waals surface area contributed by atoms with Crippen LogP contribution >= 0.6 is 0 Å². The van der Waals surface area contributed by atoms with Gasteiger partial charge in [-0.25, -0.2) is 0 Å². The van der Waals surface area contributed by atoms with Crippen molar-refractivity contribution in [1.82, 2.24) is 0 Å². The van der Waals surface area contributed by atoms with E-state index in [9.17, 15) is 10.2 Å². The van der Waals surface area contributed by atoms with Crippen molar-refractivity contribution >= 4 is 37.4 Å². The Morgan fingerprint density at radius 3 is 0.959 bits per heavy atom. The molecule has 0 bridgehead atoms. The minimum atomic E-state index is -3.16. The van der Waals surface area contributed by atoms with Crippen LogP contribution in [0.2, 0.25) is 10.1 Å². The molecule has 2 fully saturated rings. The average molecular weight is 697 g/mol. The van der Waals surface area contributed by atoms with E-state index in [0.717, 1.165) is 20.7 Å². The van der Waals surface area contributed by atoms with Crippen molar-refractivity contribution in [3.63, 3.8) is 0 Å². The highest BCUT2D eigenvalue weighted by atomic mass is 28.4. The summed E-state index contributed by atoms with van der Waals surface area (Å²) in [5.74, 6) is -1.00. The Morgan fingerprint density at radius 1 is 0.490 bits per heavy atom. The Kier molecular flexibility index (Phi) is 9.76. The van der Waals surface area contributed by atoms with Gasteiger partial charge in [-0.15, -0.1) is 0 Å². The molecule has 49 heavy (non-hydrogen) atoms. The zero-order valence-corrected chi connectivity index (χ0v) is 32.0. The lowest BCUT2D eigenvalue weighted by Crippen LogP contribution is -2.75. The molecule has 0 radical (unpaired) electrons. The van der Waals surface area contributed by atoms with Crippen molar-refractivity contribution in [3.05, 3.63) is 121 Å². The zero-order chi connectivity index (χ0) is 35.2. The number of hydrogen-bond donors (Lipinski definition) is 2. The lowest BCUT2D eigenvalue weighted by molar-refractivity contribution is -0.182. The highest BCUT2D eigenvalue weighted by Gasteiger charge is 2.64. The van der Waals surface area contributed by atoms with Crippen molar-refractivity contribution in [2.45, 2.75) is 108 Å². The minimum absolute atomic E-state index is 0.354. The normalized spacial score (nSPS) is 25.9. The Bertz CT molecular complexity index is 1470. The van der Waals surface area contributed by atoms with Crippen LogP contribution in [0.15, 0.2) is 121 Å². The van der Waals surface area contributed by atoms with E-state index in [1.165, 1.54) is 0 Å². The summed E-state index contributed by atoms with van der Waals surface area (Å²) in [5.41, 5.74) is 0. The number of aliphatic hydroxyl groups excluding tert-OH is 2. The molecule has 0 amide bonds. The number of aliphatic hydroxyl groups is 2. The van der Waals surface area contributed by atoms with Crippen LogP contribution in [-0.2, 0) is 18.3 Å². The van der Waals surface area contributed by atoms with E-state index in [1.54, 1.807) is 0 Å². The van der Waals surface area contributed by atoms with Crippen LogP contribution in [0.25, 0.3) is 0 Å². The third kappa shape index (κ3) is 6.32. The van der Waals surface area contributed by atoms with Crippen molar-refractivity contribution in [1.29, 1.82) is 0 Å². The maximum absolute atomic E-state index is 12.3. The molecule has 2 N–H and O–H groups in total. The Balaban J connectivity index is 1.49. The first-order valence-corrected chi connectivity index (χ1v) is 21.2. The van der Waals surface area contributed by atoms with Crippen molar-refractivity contribution in [2.75, 3.05) is 0 Å². The predicted octanol–water partition coefficient (Wildman–Crippen LogP) is 5.13. The summed E-state index contributed by atoms with van der Waals surface area (Å²) in [6, 6.07) is 41.3. The predicted molar refractivity (Wildman–Crippen MR) is 201 cm³/mol. The lowest BCUT2D eigenvalue weighted by atomic mass is 9.85. The summed E-state index contributed by atoms with van der Waals surface area (Å²) in [4.78, 5) is 0. The number of fused-ring (bicyclic) bond motifs is 1. The molecule has 1 saturated carbocycles. The zero-order valence-electron chi connectivity index (χ0n) is 30.0. The van der Waals surface area contributed by atoms with Crippen molar-refractivity contribution < 1.29 is 28.5 Å². The van der Waals surface area contributed by atoms with Gasteiger partial charge < -0.3 is 28.5 Å². The van der Waals surface area contributed by atoms with Gasteiger partial charge in [-0.3, -0.25) is 0 Å². The number of hydrogen-bond acceptors (Lipinski definition) is 6. The monoisotopic (exact) mass is 696 g/mol. The summed E-state index contributed by atoms with van der Waals surface area (Å²) in [7, 11) is -6.31.